The van der Waals surface area contributed by atoms with Crippen molar-refractivity contribution in [2.24, 2.45) is 5.92 Å². The van der Waals surface area contributed by atoms with E-state index in [9.17, 15) is 4.21 Å². The fraction of sp³-hybridized carbons (Fsp3) is 0.571. The Labute approximate surface area is 106 Å². The van der Waals surface area contributed by atoms with Gasteiger partial charge in [-0.3, -0.25) is 4.21 Å². The van der Waals surface area contributed by atoms with Gasteiger partial charge in [0.1, 0.15) is 0 Å². The maximum absolute atomic E-state index is 12.4. The molecule has 0 bridgehead atoms. The molecule has 0 aromatic heterocycles. The molecule has 1 saturated heterocycles. The lowest BCUT2D eigenvalue weighted by molar-refractivity contribution is 0.413. The van der Waals surface area contributed by atoms with Crippen LogP contribution in [-0.4, -0.2) is 21.3 Å². The summed E-state index contributed by atoms with van der Waals surface area (Å²) in [4.78, 5) is 0. The van der Waals surface area contributed by atoms with Crippen molar-refractivity contribution in [3.63, 3.8) is 0 Å². The third kappa shape index (κ3) is 2.61. The van der Waals surface area contributed by atoms with E-state index < -0.39 is 10.8 Å². The molecule has 0 saturated carbocycles. The van der Waals surface area contributed by atoms with Crippen molar-refractivity contribution in [3.05, 3.63) is 35.9 Å². The first-order chi connectivity index (χ1) is 8.11. The third-order valence-electron chi connectivity index (χ3n) is 3.43. The molecule has 0 radical (unpaired) electrons. The number of nitrogens with one attached hydrogen (secondary N) is 1. The highest BCUT2D eigenvalue weighted by molar-refractivity contribution is 7.86. The minimum absolute atomic E-state index is 0.209. The second-order valence-corrected chi connectivity index (χ2v) is 7.15. The number of rotatable bonds is 2. The van der Waals surface area contributed by atoms with Gasteiger partial charge in [0, 0.05) is 28.6 Å². The Bertz CT molecular complexity index is 390. The van der Waals surface area contributed by atoms with Gasteiger partial charge >= 0.3 is 0 Å². The van der Waals surface area contributed by atoms with E-state index in [1.165, 1.54) is 5.56 Å². The van der Waals surface area contributed by atoms with Gasteiger partial charge in [-0.2, -0.15) is 0 Å². The highest BCUT2D eigenvalue weighted by Crippen LogP contribution is 2.31. The van der Waals surface area contributed by atoms with Crippen LogP contribution >= 0.6 is 0 Å². The van der Waals surface area contributed by atoms with Crippen molar-refractivity contribution in [3.8, 4) is 0 Å². The summed E-state index contributed by atoms with van der Waals surface area (Å²) >= 11 is 0. The van der Waals surface area contributed by atoms with E-state index in [4.69, 9.17) is 0 Å². The maximum atomic E-state index is 12.4. The van der Waals surface area contributed by atoms with Crippen molar-refractivity contribution >= 4 is 10.8 Å². The van der Waals surface area contributed by atoms with Crippen molar-refractivity contribution in [2.75, 3.05) is 6.54 Å². The molecule has 2 rings (SSSR count). The SMILES string of the molecule is CC(C)C1C(c2ccccc2)NCC(C)S1=O. The second-order valence-electron chi connectivity index (χ2n) is 5.14. The summed E-state index contributed by atoms with van der Waals surface area (Å²) in [6.07, 6.45) is 0. The fourth-order valence-electron chi connectivity index (χ4n) is 2.51. The van der Waals surface area contributed by atoms with Gasteiger partial charge in [0.15, 0.2) is 0 Å². The molecule has 2 nitrogen and oxygen atoms in total. The maximum Gasteiger partial charge on any atom is 0.0568 e. The summed E-state index contributed by atoms with van der Waals surface area (Å²) in [6.45, 7) is 7.24. The molecule has 0 spiro atoms. The van der Waals surface area contributed by atoms with Crippen LogP contribution < -0.4 is 5.32 Å². The smallest absolute Gasteiger partial charge is 0.0568 e. The molecule has 1 fully saturated rings. The fourth-order valence-corrected chi connectivity index (χ4v) is 4.37. The van der Waals surface area contributed by atoms with Crippen LogP contribution in [0.5, 0.6) is 0 Å². The Morgan fingerprint density at radius 3 is 2.53 bits per heavy atom. The lowest BCUT2D eigenvalue weighted by atomic mass is 9.96. The Morgan fingerprint density at radius 1 is 1.29 bits per heavy atom. The first-order valence-electron chi connectivity index (χ1n) is 6.29. The molecular formula is C14H21NOS. The quantitative estimate of drug-likeness (QED) is 0.875. The van der Waals surface area contributed by atoms with Crippen molar-refractivity contribution < 1.29 is 4.21 Å². The van der Waals surface area contributed by atoms with Gasteiger partial charge in [0.05, 0.1) is 5.25 Å². The van der Waals surface area contributed by atoms with Gasteiger partial charge in [-0.1, -0.05) is 44.2 Å². The first-order valence-corrected chi connectivity index (χ1v) is 7.56. The van der Waals surface area contributed by atoms with Gasteiger partial charge in [0.25, 0.3) is 0 Å². The summed E-state index contributed by atoms with van der Waals surface area (Å²) in [7, 11) is -0.746. The van der Waals surface area contributed by atoms with Crippen LogP contribution in [0.2, 0.25) is 0 Å². The monoisotopic (exact) mass is 251 g/mol. The van der Waals surface area contributed by atoms with Gasteiger partial charge in [-0.25, -0.2) is 0 Å². The van der Waals surface area contributed by atoms with Gasteiger partial charge in [-0.15, -0.1) is 0 Å². The first kappa shape index (κ1) is 12.8. The van der Waals surface area contributed by atoms with E-state index >= 15 is 0 Å². The third-order valence-corrected chi connectivity index (χ3v) is 5.75. The van der Waals surface area contributed by atoms with Crippen molar-refractivity contribution in [1.82, 2.24) is 5.32 Å². The standard InChI is InChI=1S/C14H21NOS/c1-10(2)14-13(12-7-5-4-6-8-12)15-9-11(3)17(14)16/h4-8,10-11,13-15H,9H2,1-3H3. The summed E-state index contributed by atoms with van der Waals surface area (Å²) in [6, 6.07) is 10.6. The van der Waals surface area contributed by atoms with Crippen LogP contribution in [0.3, 0.4) is 0 Å². The molecule has 17 heavy (non-hydrogen) atoms. The van der Waals surface area contributed by atoms with Crippen molar-refractivity contribution in [2.45, 2.75) is 37.3 Å². The molecule has 94 valence electrons. The van der Waals surface area contributed by atoms with Crippen LogP contribution in [-0.2, 0) is 10.8 Å². The highest BCUT2D eigenvalue weighted by atomic mass is 32.2. The predicted octanol–water partition coefficient (Wildman–Crippen LogP) is 2.49. The lowest BCUT2D eigenvalue weighted by Gasteiger charge is -2.37. The Balaban J connectivity index is 2.30. The predicted molar refractivity (Wildman–Crippen MR) is 73.4 cm³/mol. The summed E-state index contributed by atoms with van der Waals surface area (Å²) in [5.74, 6) is 0.427. The van der Waals surface area contributed by atoms with E-state index in [1.807, 2.05) is 6.07 Å². The Morgan fingerprint density at radius 2 is 1.94 bits per heavy atom. The van der Waals surface area contributed by atoms with E-state index in [2.05, 4.69) is 50.4 Å². The van der Waals surface area contributed by atoms with Crippen LogP contribution in [0.15, 0.2) is 30.3 Å². The molecule has 1 aromatic carbocycles. The average molecular weight is 251 g/mol. The minimum Gasteiger partial charge on any atom is -0.308 e. The average Bonchev–Trinajstić information content (AvgIpc) is 2.33. The van der Waals surface area contributed by atoms with Crippen LogP contribution in [0.25, 0.3) is 0 Å². The number of hydrogen-bond acceptors (Lipinski definition) is 2. The Kier molecular flexibility index (Phi) is 4.00. The van der Waals surface area contributed by atoms with Crippen molar-refractivity contribution in [1.29, 1.82) is 0 Å². The van der Waals surface area contributed by atoms with Crippen LogP contribution in [0.4, 0.5) is 0 Å². The molecule has 1 aliphatic rings. The van der Waals surface area contributed by atoms with Crippen LogP contribution in [0.1, 0.15) is 32.4 Å². The normalized spacial score (nSPS) is 33.9. The molecule has 0 amide bonds. The summed E-state index contributed by atoms with van der Waals surface area (Å²) in [5.41, 5.74) is 1.26. The van der Waals surface area contributed by atoms with E-state index in [1.54, 1.807) is 0 Å². The minimum atomic E-state index is -0.746. The molecule has 1 N–H and O–H groups in total. The zero-order valence-corrected chi connectivity index (χ0v) is 11.5. The molecule has 3 heteroatoms. The van der Waals surface area contributed by atoms with Gasteiger partial charge < -0.3 is 5.32 Å². The number of benzene rings is 1. The molecular weight excluding hydrogens is 230 g/mol. The summed E-state index contributed by atoms with van der Waals surface area (Å²) < 4.78 is 12.4. The van der Waals surface area contributed by atoms with Gasteiger partial charge in [-0.05, 0) is 18.4 Å². The molecule has 4 atom stereocenters. The molecule has 0 aliphatic carbocycles. The molecule has 1 heterocycles. The topological polar surface area (TPSA) is 29.1 Å². The van der Waals surface area contributed by atoms with Crippen LogP contribution in [0, 0.1) is 5.92 Å². The van der Waals surface area contributed by atoms with E-state index in [0.29, 0.717) is 5.92 Å². The molecule has 1 aliphatic heterocycles. The van der Waals surface area contributed by atoms with E-state index in [0.717, 1.165) is 6.54 Å². The number of hydrogen-bond donors (Lipinski definition) is 1. The zero-order chi connectivity index (χ0) is 12.4. The second kappa shape index (κ2) is 5.32. The van der Waals surface area contributed by atoms with E-state index in [-0.39, 0.29) is 16.5 Å². The largest absolute Gasteiger partial charge is 0.308 e. The van der Waals surface area contributed by atoms with Gasteiger partial charge in [0.2, 0.25) is 0 Å². The molecule has 1 aromatic rings. The Hall–Kier alpha value is -0.670. The highest BCUT2D eigenvalue weighted by Gasteiger charge is 2.37. The molecule has 4 unspecified atom stereocenters. The zero-order valence-electron chi connectivity index (χ0n) is 10.7. The lowest BCUT2D eigenvalue weighted by Crippen LogP contribution is -2.49. The summed E-state index contributed by atoms with van der Waals surface area (Å²) in [5, 5.41) is 4.02.